The molecule has 0 saturated carbocycles. The number of ether oxygens (including phenoxy) is 3. The quantitative estimate of drug-likeness (QED) is 0.401. The van der Waals surface area contributed by atoms with Crippen LogP contribution in [0.3, 0.4) is 0 Å². The summed E-state index contributed by atoms with van der Waals surface area (Å²) in [6, 6.07) is 15.6. The average molecular weight is 431 g/mol. The summed E-state index contributed by atoms with van der Waals surface area (Å²) in [7, 11) is 3.04. The molecule has 0 aliphatic carbocycles. The summed E-state index contributed by atoms with van der Waals surface area (Å²) in [4.78, 5) is 4.36. The van der Waals surface area contributed by atoms with Crippen molar-refractivity contribution in [2.75, 3.05) is 14.2 Å². The van der Waals surface area contributed by atoms with E-state index in [2.05, 4.69) is 20.3 Å². The van der Waals surface area contributed by atoms with Gasteiger partial charge in [-0.2, -0.15) is 9.61 Å². The third kappa shape index (κ3) is 3.53. The molecule has 0 aliphatic rings. The Morgan fingerprint density at radius 1 is 0.906 bits per heavy atom. The van der Waals surface area contributed by atoms with Gasteiger partial charge < -0.3 is 14.2 Å². The minimum Gasteiger partial charge on any atom is -0.497 e. The van der Waals surface area contributed by atoms with Gasteiger partial charge in [-0.3, -0.25) is 4.98 Å². The first-order valence-corrected chi connectivity index (χ1v) is 9.77. The van der Waals surface area contributed by atoms with Crippen molar-refractivity contribution >= 4 is 16.6 Å². The van der Waals surface area contributed by atoms with Crippen molar-refractivity contribution in [1.82, 2.24) is 24.8 Å². The Morgan fingerprint density at radius 3 is 2.62 bits per heavy atom. The highest BCUT2D eigenvalue weighted by Crippen LogP contribution is 2.28. The van der Waals surface area contributed by atoms with Crippen LogP contribution in [-0.2, 0) is 6.61 Å². The molecular weight excluding hydrogens is 413 g/mol. The minimum absolute atomic E-state index is 0.139. The van der Waals surface area contributed by atoms with E-state index in [4.69, 9.17) is 14.2 Å². The molecule has 5 rings (SSSR count). The number of rotatable bonds is 6. The van der Waals surface area contributed by atoms with E-state index in [1.807, 2.05) is 18.2 Å². The molecule has 0 aliphatic heterocycles. The monoisotopic (exact) mass is 431 g/mol. The van der Waals surface area contributed by atoms with Crippen LogP contribution in [-0.4, -0.2) is 39.0 Å². The number of hydrogen-bond donors (Lipinski definition) is 0. The Hall–Kier alpha value is -4.27. The third-order valence-corrected chi connectivity index (χ3v) is 5.04. The Labute approximate surface area is 182 Å². The molecule has 0 spiro atoms. The molecule has 0 radical (unpaired) electrons. The minimum atomic E-state index is -0.458. The largest absolute Gasteiger partial charge is 0.497 e. The lowest BCUT2D eigenvalue weighted by atomic mass is 10.1. The van der Waals surface area contributed by atoms with Crippen molar-refractivity contribution in [2.45, 2.75) is 6.61 Å². The molecule has 0 unspecified atom stereocenters. The second-order valence-corrected chi connectivity index (χ2v) is 6.93. The van der Waals surface area contributed by atoms with Crippen molar-refractivity contribution in [3.63, 3.8) is 0 Å². The molecule has 0 fully saturated rings. The zero-order valence-electron chi connectivity index (χ0n) is 17.3. The maximum Gasteiger partial charge on any atom is 0.192 e. The summed E-state index contributed by atoms with van der Waals surface area (Å²) in [5.41, 5.74) is 2.50. The van der Waals surface area contributed by atoms with Gasteiger partial charge >= 0.3 is 0 Å². The van der Waals surface area contributed by atoms with Gasteiger partial charge in [0.1, 0.15) is 18.1 Å². The fraction of sp³-hybridized carbons (Fsp3) is 0.130. The maximum absolute atomic E-state index is 14.1. The van der Waals surface area contributed by atoms with Gasteiger partial charge in [-0.05, 0) is 48.5 Å². The van der Waals surface area contributed by atoms with Gasteiger partial charge in [-0.1, -0.05) is 0 Å². The molecule has 0 N–H and O–H groups in total. The van der Waals surface area contributed by atoms with E-state index in [1.165, 1.54) is 13.2 Å². The van der Waals surface area contributed by atoms with Gasteiger partial charge in [0.15, 0.2) is 23.0 Å². The van der Waals surface area contributed by atoms with Crippen molar-refractivity contribution in [3.8, 4) is 28.5 Å². The number of aromatic nitrogens is 5. The van der Waals surface area contributed by atoms with Crippen LogP contribution in [0.5, 0.6) is 17.2 Å². The van der Waals surface area contributed by atoms with Crippen LogP contribution < -0.4 is 14.2 Å². The Balaban J connectivity index is 1.45. The van der Waals surface area contributed by atoms with Gasteiger partial charge in [-0.25, -0.2) is 4.39 Å². The summed E-state index contributed by atoms with van der Waals surface area (Å²) >= 11 is 0. The zero-order valence-corrected chi connectivity index (χ0v) is 17.3. The summed E-state index contributed by atoms with van der Waals surface area (Å²) in [5.74, 6) is 1.60. The van der Waals surface area contributed by atoms with Crippen LogP contribution in [0, 0.1) is 5.82 Å². The first-order chi connectivity index (χ1) is 15.7. The molecule has 32 heavy (non-hydrogen) atoms. The van der Waals surface area contributed by atoms with E-state index in [9.17, 15) is 4.39 Å². The predicted octanol–water partition coefficient (Wildman–Crippen LogP) is 4.07. The topological polar surface area (TPSA) is 83.7 Å². The molecular formula is C23H18FN5O3. The van der Waals surface area contributed by atoms with Crippen molar-refractivity contribution < 1.29 is 18.6 Å². The molecule has 9 heteroatoms. The van der Waals surface area contributed by atoms with E-state index < -0.39 is 5.82 Å². The number of hydrogen-bond acceptors (Lipinski definition) is 7. The second-order valence-electron chi connectivity index (χ2n) is 6.93. The average Bonchev–Trinajstić information content (AvgIpc) is 3.24. The molecule has 0 amide bonds. The fourth-order valence-corrected chi connectivity index (χ4v) is 3.40. The highest BCUT2D eigenvalue weighted by molar-refractivity contribution is 5.85. The number of halogens is 1. The first kappa shape index (κ1) is 19.7. The van der Waals surface area contributed by atoms with E-state index >= 15 is 0 Å². The lowest BCUT2D eigenvalue weighted by molar-refractivity contribution is 0.296. The van der Waals surface area contributed by atoms with Crippen LogP contribution in [0.1, 0.15) is 5.82 Å². The van der Waals surface area contributed by atoms with Gasteiger partial charge in [0.05, 0.1) is 25.4 Å². The molecule has 0 saturated heterocycles. The molecule has 3 heterocycles. The molecule has 2 aromatic carbocycles. The Bertz CT molecular complexity index is 1440. The van der Waals surface area contributed by atoms with Crippen LogP contribution in [0.2, 0.25) is 0 Å². The van der Waals surface area contributed by atoms with Crippen LogP contribution in [0.25, 0.3) is 27.8 Å². The standard InChI is InChI=1S/C23H18FN5O3/c1-30-15-4-5-16-19(12-15)25-10-9-20(16)32-13-23-27-26-22-8-6-18(28-29(22)23)14-3-7-21(31-2)17(24)11-14/h3-12H,13H2,1-2H3. The lowest BCUT2D eigenvalue weighted by Gasteiger charge is -2.09. The summed E-state index contributed by atoms with van der Waals surface area (Å²) in [5, 5.41) is 13.8. The van der Waals surface area contributed by atoms with Crippen molar-refractivity contribution in [2.24, 2.45) is 0 Å². The fourth-order valence-electron chi connectivity index (χ4n) is 3.40. The Kier molecular flexibility index (Phi) is 4.98. The molecule has 160 valence electrons. The molecule has 8 nitrogen and oxygen atoms in total. The highest BCUT2D eigenvalue weighted by atomic mass is 19.1. The number of benzene rings is 2. The molecule has 3 aromatic heterocycles. The van der Waals surface area contributed by atoms with E-state index in [0.717, 1.165) is 16.7 Å². The summed E-state index contributed by atoms with van der Waals surface area (Å²) in [6.45, 7) is 0.139. The SMILES string of the molecule is COc1ccc2c(OCc3nnc4ccc(-c5ccc(OC)c(F)c5)nn34)ccnc2c1. The van der Waals surface area contributed by atoms with Crippen LogP contribution >= 0.6 is 0 Å². The molecule has 0 atom stereocenters. The number of fused-ring (bicyclic) bond motifs is 2. The van der Waals surface area contributed by atoms with Crippen molar-refractivity contribution in [3.05, 3.63) is 72.4 Å². The van der Waals surface area contributed by atoms with Crippen LogP contribution in [0.15, 0.2) is 60.8 Å². The summed E-state index contributed by atoms with van der Waals surface area (Å²) in [6.07, 6.45) is 1.67. The molecule has 0 bridgehead atoms. The predicted molar refractivity (Wildman–Crippen MR) is 115 cm³/mol. The van der Waals surface area contributed by atoms with Gasteiger partial charge in [0, 0.05) is 23.2 Å². The van der Waals surface area contributed by atoms with Gasteiger partial charge in [-0.15, -0.1) is 10.2 Å². The Morgan fingerprint density at radius 2 is 1.81 bits per heavy atom. The van der Waals surface area contributed by atoms with E-state index in [0.29, 0.717) is 28.5 Å². The first-order valence-electron chi connectivity index (χ1n) is 9.77. The maximum atomic E-state index is 14.1. The highest BCUT2D eigenvalue weighted by Gasteiger charge is 2.12. The van der Waals surface area contributed by atoms with Crippen molar-refractivity contribution in [1.29, 1.82) is 0 Å². The van der Waals surface area contributed by atoms with E-state index in [-0.39, 0.29) is 12.4 Å². The summed E-state index contributed by atoms with van der Waals surface area (Å²) < 4.78 is 32.0. The molecule has 5 aromatic rings. The normalized spacial score (nSPS) is 11.1. The van der Waals surface area contributed by atoms with E-state index in [1.54, 1.807) is 48.2 Å². The van der Waals surface area contributed by atoms with Gasteiger partial charge in [0.25, 0.3) is 0 Å². The number of pyridine rings is 1. The third-order valence-electron chi connectivity index (χ3n) is 5.04. The number of methoxy groups -OCH3 is 2. The number of nitrogens with zero attached hydrogens (tertiary/aromatic N) is 5. The lowest BCUT2D eigenvalue weighted by Crippen LogP contribution is -2.05. The second kappa shape index (κ2) is 8.10. The zero-order chi connectivity index (χ0) is 22.1. The smallest absolute Gasteiger partial charge is 0.192 e. The van der Waals surface area contributed by atoms with Crippen LogP contribution in [0.4, 0.5) is 4.39 Å². The van der Waals surface area contributed by atoms with Gasteiger partial charge in [0.2, 0.25) is 0 Å².